The van der Waals surface area contributed by atoms with Gasteiger partial charge in [0.15, 0.2) is 0 Å². The van der Waals surface area contributed by atoms with Crippen LogP contribution in [0.5, 0.6) is 5.75 Å². The van der Waals surface area contributed by atoms with Crippen LogP contribution in [-0.4, -0.2) is 36.4 Å². The van der Waals surface area contributed by atoms with E-state index in [4.69, 9.17) is 9.84 Å². The molecule has 0 amide bonds. The number of ether oxygens (including phenoxy) is 2. The number of hydrogen-bond donors (Lipinski definition) is 1. The van der Waals surface area contributed by atoms with Crippen molar-refractivity contribution in [2.75, 3.05) is 19.8 Å². The normalized spacial score (nSPS) is 8.31. The minimum absolute atomic E-state index is 0. The van der Waals surface area contributed by atoms with E-state index in [1.807, 2.05) is 30.3 Å². The summed E-state index contributed by atoms with van der Waals surface area (Å²) in [6, 6.07) is 9.23. The van der Waals surface area contributed by atoms with Gasteiger partial charge in [-0.05, 0) is 12.1 Å². The Hall–Kier alpha value is -0.590. The predicted octanol–water partition coefficient (Wildman–Crippen LogP) is -2.57. The number of benzene rings is 1. The van der Waals surface area contributed by atoms with Crippen molar-refractivity contribution in [2.24, 2.45) is 0 Å². The Kier molecular flexibility index (Phi) is 12.1. The molecular weight excluding hydrogens is 223 g/mol. The number of carbonyl (C=O) groups is 1. The van der Waals surface area contributed by atoms with Crippen LogP contribution in [0.1, 0.15) is 0 Å². The van der Waals surface area contributed by atoms with Gasteiger partial charge in [-0.2, -0.15) is 0 Å². The van der Waals surface area contributed by atoms with E-state index in [0.717, 1.165) is 5.75 Å². The van der Waals surface area contributed by atoms with Crippen LogP contribution in [0.15, 0.2) is 30.3 Å². The Labute approximate surface area is 116 Å². The zero-order valence-electron chi connectivity index (χ0n) is 9.13. The monoisotopic (exact) mass is 236 g/mol. The van der Waals surface area contributed by atoms with Crippen molar-refractivity contribution in [3.63, 3.8) is 0 Å². The van der Waals surface area contributed by atoms with E-state index in [1.54, 1.807) is 0 Å². The van der Waals surface area contributed by atoms with Crippen LogP contribution >= 0.6 is 0 Å². The SMILES string of the molecule is O=C(CO)OCCOc1ccccc1.[Na+].[OH-]. The van der Waals surface area contributed by atoms with E-state index in [1.165, 1.54) is 0 Å². The molecule has 1 aromatic carbocycles. The van der Waals surface area contributed by atoms with Crippen molar-refractivity contribution < 1.29 is 54.4 Å². The molecule has 0 heterocycles. The zero-order valence-corrected chi connectivity index (χ0v) is 11.1. The van der Waals surface area contributed by atoms with E-state index in [0.29, 0.717) is 0 Å². The number of aliphatic hydroxyl groups is 1. The van der Waals surface area contributed by atoms with Crippen LogP contribution in [0, 0.1) is 0 Å². The molecule has 0 aliphatic heterocycles. The van der Waals surface area contributed by atoms with E-state index in [9.17, 15) is 4.79 Å². The van der Waals surface area contributed by atoms with Gasteiger partial charge in [0.2, 0.25) is 0 Å². The Bertz CT molecular complexity index is 278. The van der Waals surface area contributed by atoms with Gasteiger partial charge in [0.05, 0.1) is 0 Å². The molecule has 0 bridgehead atoms. The number of rotatable bonds is 5. The number of esters is 1. The first-order valence-electron chi connectivity index (χ1n) is 4.27. The molecule has 0 spiro atoms. The van der Waals surface area contributed by atoms with Gasteiger partial charge in [-0.15, -0.1) is 0 Å². The second kappa shape index (κ2) is 10.9. The maximum atomic E-state index is 10.5. The molecule has 0 unspecified atom stereocenters. The molecule has 0 saturated carbocycles. The van der Waals surface area contributed by atoms with Crippen molar-refractivity contribution >= 4 is 5.97 Å². The Morgan fingerprint density at radius 3 is 2.38 bits per heavy atom. The first-order chi connectivity index (χ1) is 6.83. The molecule has 0 saturated heterocycles. The third-order valence-corrected chi connectivity index (χ3v) is 1.49. The fourth-order valence-corrected chi connectivity index (χ4v) is 0.877. The number of aliphatic hydroxyl groups excluding tert-OH is 1. The third-order valence-electron chi connectivity index (χ3n) is 1.49. The summed E-state index contributed by atoms with van der Waals surface area (Å²) in [6.45, 7) is -0.157. The van der Waals surface area contributed by atoms with Crippen LogP contribution in [0.3, 0.4) is 0 Å². The molecule has 84 valence electrons. The molecule has 16 heavy (non-hydrogen) atoms. The molecule has 0 atom stereocenters. The molecule has 2 N–H and O–H groups in total. The average Bonchev–Trinajstić information content (AvgIpc) is 2.25. The molecule has 0 radical (unpaired) electrons. The topological polar surface area (TPSA) is 85.8 Å². The second-order valence-corrected chi connectivity index (χ2v) is 2.54. The molecule has 0 aliphatic carbocycles. The smallest absolute Gasteiger partial charge is 0.870 e. The summed E-state index contributed by atoms with van der Waals surface area (Å²) >= 11 is 0. The Morgan fingerprint density at radius 2 is 1.81 bits per heavy atom. The minimum Gasteiger partial charge on any atom is -0.870 e. The molecule has 0 aliphatic rings. The maximum Gasteiger partial charge on any atom is 1.00 e. The Balaban J connectivity index is 0. The van der Waals surface area contributed by atoms with Crippen molar-refractivity contribution in [1.29, 1.82) is 0 Å². The van der Waals surface area contributed by atoms with Gasteiger partial charge in [-0.25, -0.2) is 4.79 Å². The summed E-state index contributed by atoms with van der Waals surface area (Å²) in [5.41, 5.74) is 0. The standard InChI is InChI=1S/C10H12O4.Na.H2O/c11-8-10(12)14-7-6-13-9-4-2-1-3-5-9;;/h1-5,11H,6-8H2;;1H2/q;+1;/p-1. The van der Waals surface area contributed by atoms with Crippen LogP contribution in [-0.2, 0) is 9.53 Å². The minimum atomic E-state index is -0.637. The fraction of sp³-hybridized carbons (Fsp3) is 0.300. The summed E-state index contributed by atoms with van der Waals surface area (Å²) in [7, 11) is 0. The summed E-state index contributed by atoms with van der Waals surface area (Å²) in [4.78, 5) is 10.5. The van der Waals surface area contributed by atoms with Crippen molar-refractivity contribution in [1.82, 2.24) is 0 Å². The van der Waals surface area contributed by atoms with Crippen molar-refractivity contribution in [2.45, 2.75) is 0 Å². The van der Waals surface area contributed by atoms with Crippen LogP contribution < -0.4 is 34.3 Å². The van der Waals surface area contributed by atoms with Gasteiger partial charge in [-0.1, -0.05) is 18.2 Å². The summed E-state index contributed by atoms with van der Waals surface area (Å²) in [5, 5.41) is 8.34. The predicted molar refractivity (Wildman–Crippen MR) is 51.9 cm³/mol. The summed E-state index contributed by atoms with van der Waals surface area (Å²) in [5.74, 6) is 0.0919. The Morgan fingerprint density at radius 1 is 1.19 bits per heavy atom. The zero-order chi connectivity index (χ0) is 10.2. The van der Waals surface area contributed by atoms with Crippen LogP contribution in [0.2, 0.25) is 0 Å². The third kappa shape index (κ3) is 7.67. The fourth-order valence-electron chi connectivity index (χ4n) is 0.877. The van der Waals surface area contributed by atoms with Crippen molar-refractivity contribution in [3.8, 4) is 5.75 Å². The quantitative estimate of drug-likeness (QED) is 0.345. The average molecular weight is 236 g/mol. The molecular formula is C10H13NaO5. The number of carbonyl (C=O) groups excluding carboxylic acids is 1. The van der Waals surface area contributed by atoms with Gasteiger partial charge in [-0.3, -0.25) is 0 Å². The molecule has 1 aromatic rings. The van der Waals surface area contributed by atoms with Gasteiger partial charge in [0.25, 0.3) is 0 Å². The van der Waals surface area contributed by atoms with Gasteiger partial charge in [0, 0.05) is 0 Å². The molecule has 6 heteroatoms. The van der Waals surface area contributed by atoms with Gasteiger partial charge in [0.1, 0.15) is 25.6 Å². The molecule has 0 aromatic heterocycles. The summed E-state index contributed by atoms with van der Waals surface area (Å²) < 4.78 is 9.84. The number of hydrogen-bond acceptors (Lipinski definition) is 5. The van der Waals surface area contributed by atoms with Crippen molar-refractivity contribution in [3.05, 3.63) is 30.3 Å². The molecule has 1 rings (SSSR count). The van der Waals surface area contributed by atoms with E-state index in [-0.39, 0.29) is 48.2 Å². The number of para-hydroxylation sites is 1. The van der Waals surface area contributed by atoms with E-state index >= 15 is 0 Å². The second-order valence-electron chi connectivity index (χ2n) is 2.54. The maximum absolute atomic E-state index is 10.5. The first kappa shape index (κ1) is 17.8. The first-order valence-corrected chi connectivity index (χ1v) is 4.27. The van der Waals surface area contributed by atoms with Gasteiger partial charge >= 0.3 is 35.5 Å². The molecule has 5 nitrogen and oxygen atoms in total. The van der Waals surface area contributed by atoms with E-state index in [2.05, 4.69) is 4.74 Å². The largest absolute Gasteiger partial charge is 1.00 e. The van der Waals surface area contributed by atoms with Gasteiger partial charge < -0.3 is 20.1 Å². The summed E-state index contributed by atoms with van der Waals surface area (Å²) in [6.07, 6.45) is 0. The van der Waals surface area contributed by atoms with E-state index < -0.39 is 12.6 Å². The van der Waals surface area contributed by atoms with Crippen LogP contribution in [0.4, 0.5) is 0 Å². The molecule has 0 fully saturated rings. The van der Waals surface area contributed by atoms with Crippen LogP contribution in [0.25, 0.3) is 0 Å².